The third kappa shape index (κ3) is 3.07. The van der Waals surface area contributed by atoms with E-state index in [1.807, 2.05) is 0 Å². The van der Waals surface area contributed by atoms with Gasteiger partial charge in [0.05, 0.1) is 5.54 Å². The van der Waals surface area contributed by atoms with Crippen LogP contribution in [0.15, 0.2) is 30.3 Å². The molecule has 2 unspecified atom stereocenters. The molecule has 1 N–H and O–H groups in total. The number of piperazine rings is 1. The normalized spacial score (nSPS) is 28.2. The van der Waals surface area contributed by atoms with Gasteiger partial charge < -0.3 is 5.32 Å². The molecule has 0 saturated carbocycles. The van der Waals surface area contributed by atoms with Gasteiger partial charge in [-0.05, 0) is 39.7 Å². The van der Waals surface area contributed by atoms with Crippen molar-refractivity contribution in [1.82, 2.24) is 10.2 Å². The van der Waals surface area contributed by atoms with Gasteiger partial charge in [-0.25, -0.2) is 0 Å². The zero-order valence-corrected chi connectivity index (χ0v) is 13.7. The second kappa shape index (κ2) is 5.87. The SMILES string of the molecule is CCCC(C)N1CC(C)(C)NCC1(C)c1ccccc1. The van der Waals surface area contributed by atoms with Gasteiger partial charge in [0.25, 0.3) is 0 Å². The molecule has 2 atom stereocenters. The molecule has 0 spiro atoms. The van der Waals surface area contributed by atoms with Crippen molar-refractivity contribution in [2.75, 3.05) is 13.1 Å². The van der Waals surface area contributed by atoms with Gasteiger partial charge in [-0.3, -0.25) is 4.90 Å². The third-order valence-electron chi connectivity index (χ3n) is 4.74. The summed E-state index contributed by atoms with van der Waals surface area (Å²) in [5.74, 6) is 0. The largest absolute Gasteiger partial charge is 0.308 e. The topological polar surface area (TPSA) is 15.3 Å². The number of hydrogen-bond donors (Lipinski definition) is 1. The van der Waals surface area contributed by atoms with Crippen molar-refractivity contribution in [3.63, 3.8) is 0 Å². The van der Waals surface area contributed by atoms with E-state index in [1.54, 1.807) is 0 Å². The Labute approximate surface area is 124 Å². The molecule has 0 aliphatic carbocycles. The van der Waals surface area contributed by atoms with Crippen LogP contribution in [0.5, 0.6) is 0 Å². The number of benzene rings is 1. The van der Waals surface area contributed by atoms with E-state index < -0.39 is 0 Å². The molecule has 0 amide bonds. The van der Waals surface area contributed by atoms with Crippen LogP contribution in [0.25, 0.3) is 0 Å². The minimum Gasteiger partial charge on any atom is -0.308 e. The summed E-state index contributed by atoms with van der Waals surface area (Å²) >= 11 is 0. The molecule has 2 nitrogen and oxygen atoms in total. The van der Waals surface area contributed by atoms with E-state index in [1.165, 1.54) is 18.4 Å². The molecule has 20 heavy (non-hydrogen) atoms. The third-order valence-corrected chi connectivity index (χ3v) is 4.74. The molecule has 1 aliphatic heterocycles. The Bertz CT molecular complexity index is 426. The van der Waals surface area contributed by atoms with E-state index in [0.29, 0.717) is 6.04 Å². The van der Waals surface area contributed by atoms with Gasteiger partial charge in [0.1, 0.15) is 0 Å². The highest BCUT2D eigenvalue weighted by molar-refractivity contribution is 5.26. The highest BCUT2D eigenvalue weighted by atomic mass is 15.3. The van der Waals surface area contributed by atoms with E-state index in [-0.39, 0.29) is 11.1 Å². The van der Waals surface area contributed by atoms with Crippen LogP contribution in [0.3, 0.4) is 0 Å². The van der Waals surface area contributed by atoms with Crippen LogP contribution in [0, 0.1) is 0 Å². The number of nitrogens with one attached hydrogen (secondary N) is 1. The Morgan fingerprint density at radius 3 is 2.45 bits per heavy atom. The lowest BCUT2D eigenvalue weighted by Crippen LogP contribution is -2.67. The van der Waals surface area contributed by atoms with Gasteiger partial charge in [-0.15, -0.1) is 0 Å². The minimum absolute atomic E-state index is 0.0887. The van der Waals surface area contributed by atoms with Crippen LogP contribution in [-0.4, -0.2) is 29.6 Å². The number of hydrogen-bond acceptors (Lipinski definition) is 2. The number of rotatable bonds is 4. The summed E-state index contributed by atoms with van der Waals surface area (Å²) in [5, 5.41) is 3.73. The van der Waals surface area contributed by atoms with Gasteiger partial charge in [0.15, 0.2) is 0 Å². The molecule has 1 aliphatic rings. The second-order valence-electron chi connectivity index (χ2n) is 7.14. The van der Waals surface area contributed by atoms with Gasteiger partial charge >= 0.3 is 0 Å². The Balaban J connectivity index is 2.33. The molecule has 2 heteroatoms. The fraction of sp³-hybridized carbons (Fsp3) is 0.667. The Morgan fingerprint density at radius 1 is 1.20 bits per heavy atom. The molecule has 1 heterocycles. The van der Waals surface area contributed by atoms with Crippen molar-refractivity contribution in [3.05, 3.63) is 35.9 Å². The standard InChI is InChI=1S/C18H30N2/c1-6-10-15(2)20-14-17(3,4)19-13-18(20,5)16-11-8-7-9-12-16/h7-9,11-12,15,19H,6,10,13-14H2,1-5H3. The van der Waals surface area contributed by atoms with E-state index in [0.717, 1.165) is 13.1 Å². The summed E-state index contributed by atoms with van der Waals surface area (Å²) in [6.07, 6.45) is 2.51. The summed E-state index contributed by atoms with van der Waals surface area (Å²) in [6, 6.07) is 11.6. The number of nitrogens with zero attached hydrogens (tertiary/aromatic N) is 1. The van der Waals surface area contributed by atoms with Gasteiger partial charge in [0.2, 0.25) is 0 Å². The van der Waals surface area contributed by atoms with E-state index in [9.17, 15) is 0 Å². The van der Waals surface area contributed by atoms with Crippen LogP contribution < -0.4 is 5.32 Å². The first-order chi connectivity index (χ1) is 9.39. The van der Waals surface area contributed by atoms with E-state index in [4.69, 9.17) is 0 Å². The van der Waals surface area contributed by atoms with Crippen LogP contribution in [-0.2, 0) is 5.54 Å². The predicted molar refractivity (Wildman–Crippen MR) is 87.0 cm³/mol. The molecule has 1 fully saturated rings. The van der Waals surface area contributed by atoms with Gasteiger partial charge in [-0.2, -0.15) is 0 Å². The maximum Gasteiger partial charge on any atom is 0.0560 e. The van der Waals surface area contributed by atoms with Crippen molar-refractivity contribution in [2.24, 2.45) is 0 Å². The Morgan fingerprint density at radius 2 is 1.85 bits per heavy atom. The molecule has 0 radical (unpaired) electrons. The van der Waals surface area contributed by atoms with Gasteiger partial charge in [-0.1, -0.05) is 43.7 Å². The van der Waals surface area contributed by atoms with E-state index in [2.05, 4.69) is 75.2 Å². The molecule has 1 saturated heterocycles. The highest BCUT2D eigenvalue weighted by Gasteiger charge is 2.43. The summed E-state index contributed by atoms with van der Waals surface area (Å²) < 4.78 is 0. The predicted octanol–water partition coefficient (Wildman–Crippen LogP) is 3.77. The molecule has 1 aromatic rings. The summed E-state index contributed by atoms with van der Waals surface area (Å²) in [6.45, 7) is 13.8. The van der Waals surface area contributed by atoms with Crippen molar-refractivity contribution in [3.8, 4) is 0 Å². The van der Waals surface area contributed by atoms with E-state index >= 15 is 0 Å². The first kappa shape index (κ1) is 15.5. The Kier molecular flexibility index (Phi) is 4.55. The monoisotopic (exact) mass is 274 g/mol. The average Bonchev–Trinajstić information content (AvgIpc) is 2.43. The van der Waals surface area contributed by atoms with Crippen LogP contribution >= 0.6 is 0 Å². The van der Waals surface area contributed by atoms with Crippen molar-refractivity contribution in [2.45, 2.75) is 64.6 Å². The molecule has 2 rings (SSSR count). The lowest BCUT2D eigenvalue weighted by atomic mass is 9.82. The van der Waals surface area contributed by atoms with Crippen molar-refractivity contribution < 1.29 is 0 Å². The summed E-state index contributed by atoms with van der Waals surface area (Å²) in [5.41, 5.74) is 1.70. The smallest absolute Gasteiger partial charge is 0.0560 e. The second-order valence-corrected chi connectivity index (χ2v) is 7.14. The maximum atomic E-state index is 3.73. The minimum atomic E-state index is 0.0887. The first-order valence-electron chi connectivity index (χ1n) is 7.96. The van der Waals surface area contributed by atoms with Crippen LogP contribution in [0.2, 0.25) is 0 Å². The Hall–Kier alpha value is -0.860. The van der Waals surface area contributed by atoms with Crippen molar-refractivity contribution in [1.29, 1.82) is 0 Å². The molecule has 0 bridgehead atoms. The maximum absolute atomic E-state index is 3.73. The fourth-order valence-corrected chi connectivity index (χ4v) is 3.45. The zero-order chi connectivity index (χ0) is 14.8. The zero-order valence-electron chi connectivity index (χ0n) is 13.7. The molecular formula is C18H30N2. The quantitative estimate of drug-likeness (QED) is 0.899. The summed E-state index contributed by atoms with van der Waals surface area (Å²) in [7, 11) is 0. The van der Waals surface area contributed by atoms with Crippen LogP contribution in [0.4, 0.5) is 0 Å². The lowest BCUT2D eigenvalue weighted by Gasteiger charge is -2.54. The molecule has 112 valence electrons. The van der Waals surface area contributed by atoms with Gasteiger partial charge in [0, 0.05) is 24.7 Å². The summed E-state index contributed by atoms with van der Waals surface area (Å²) in [4.78, 5) is 2.71. The lowest BCUT2D eigenvalue weighted by molar-refractivity contribution is -0.00880. The van der Waals surface area contributed by atoms with Crippen LogP contribution in [0.1, 0.15) is 53.0 Å². The molecule has 1 aromatic carbocycles. The average molecular weight is 274 g/mol. The molecular weight excluding hydrogens is 244 g/mol. The first-order valence-corrected chi connectivity index (χ1v) is 7.96. The highest BCUT2D eigenvalue weighted by Crippen LogP contribution is 2.35. The van der Waals surface area contributed by atoms with Crippen molar-refractivity contribution >= 4 is 0 Å². The fourth-order valence-electron chi connectivity index (χ4n) is 3.45. The molecule has 0 aromatic heterocycles.